The summed E-state index contributed by atoms with van der Waals surface area (Å²) in [6.07, 6.45) is 1.97. The maximum atomic E-state index is 11.8. The Hall–Kier alpha value is 0.260. The molecular formula is C10H21NO2S2. The third-order valence-electron chi connectivity index (χ3n) is 3.23. The molecule has 90 valence electrons. The van der Waals surface area contributed by atoms with Crippen LogP contribution in [0.3, 0.4) is 0 Å². The Bertz CT molecular complexity index is 291. The van der Waals surface area contributed by atoms with Crippen LogP contribution in [0.15, 0.2) is 0 Å². The van der Waals surface area contributed by atoms with Gasteiger partial charge in [0.25, 0.3) is 0 Å². The monoisotopic (exact) mass is 251 g/mol. The summed E-state index contributed by atoms with van der Waals surface area (Å²) >= 11 is 4.02. The van der Waals surface area contributed by atoms with Gasteiger partial charge in [0.2, 0.25) is 10.0 Å². The molecule has 0 aliphatic carbocycles. The van der Waals surface area contributed by atoms with Crippen molar-refractivity contribution in [2.24, 2.45) is 11.8 Å². The average Bonchev–Trinajstić information content (AvgIpc) is 2.17. The van der Waals surface area contributed by atoms with Crippen LogP contribution in [0, 0.1) is 11.8 Å². The molecule has 0 aromatic rings. The fraction of sp³-hybridized carbons (Fsp3) is 1.00. The van der Waals surface area contributed by atoms with E-state index in [4.69, 9.17) is 0 Å². The van der Waals surface area contributed by atoms with Crippen LogP contribution in [0.25, 0.3) is 0 Å². The molecular weight excluding hydrogens is 230 g/mol. The molecule has 5 heteroatoms. The predicted octanol–water partition coefficient (Wildman–Crippen LogP) is 1.96. The van der Waals surface area contributed by atoms with Gasteiger partial charge in [-0.2, -0.15) is 12.6 Å². The van der Waals surface area contributed by atoms with Crippen LogP contribution in [0.1, 0.15) is 33.6 Å². The summed E-state index contributed by atoms with van der Waals surface area (Å²) in [5.74, 6) is 1.33. The first-order valence-electron chi connectivity index (χ1n) is 5.52. The maximum absolute atomic E-state index is 11.8. The van der Waals surface area contributed by atoms with E-state index in [1.54, 1.807) is 11.2 Å². The third kappa shape index (κ3) is 3.11. The van der Waals surface area contributed by atoms with Crippen LogP contribution < -0.4 is 0 Å². The van der Waals surface area contributed by atoms with Gasteiger partial charge in [0.1, 0.15) is 4.58 Å². The molecule has 0 radical (unpaired) electrons. The van der Waals surface area contributed by atoms with E-state index in [9.17, 15) is 8.42 Å². The molecule has 0 spiro atoms. The van der Waals surface area contributed by atoms with E-state index in [1.807, 2.05) is 0 Å². The second-order valence-corrected chi connectivity index (χ2v) is 8.00. The van der Waals surface area contributed by atoms with E-state index in [-0.39, 0.29) is 0 Å². The van der Waals surface area contributed by atoms with Gasteiger partial charge in [-0.15, -0.1) is 0 Å². The Kier molecular flexibility index (Phi) is 4.50. The van der Waals surface area contributed by atoms with Gasteiger partial charge in [0, 0.05) is 13.1 Å². The quantitative estimate of drug-likeness (QED) is 0.779. The van der Waals surface area contributed by atoms with Crippen molar-refractivity contribution in [2.75, 3.05) is 13.1 Å². The van der Waals surface area contributed by atoms with Crippen LogP contribution in [0.5, 0.6) is 0 Å². The van der Waals surface area contributed by atoms with Crippen molar-refractivity contribution in [2.45, 2.75) is 38.2 Å². The fourth-order valence-corrected chi connectivity index (χ4v) is 3.56. The number of hydrogen-bond donors (Lipinski definition) is 1. The topological polar surface area (TPSA) is 37.4 Å². The number of hydrogen-bond acceptors (Lipinski definition) is 3. The molecule has 0 aromatic heterocycles. The van der Waals surface area contributed by atoms with Crippen molar-refractivity contribution in [1.82, 2.24) is 4.31 Å². The van der Waals surface area contributed by atoms with Crippen molar-refractivity contribution in [3.63, 3.8) is 0 Å². The molecule has 1 aliphatic heterocycles. The van der Waals surface area contributed by atoms with Gasteiger partial charge in [-0.3, -0.25) is 0 Å². The zero-order chi connectivity index (χ0) is 11.6. The highest BCUT2D eigenvalue weighted by Gasteiger charge is 2.31. The molecule has 0 aromatic carbocycles. The van der Waals surface area contributed by atoms with Gasteiger partial charge < -0.3 is 0 Å². The molecule has 1 aliphatic rings. The minimum Gasteiger partial charge on any atom is -0.211 e. The van der Waals surface area contributed by atoms with E-state index in [1.165, 1.54) is 0 Å². The zero-order valence-electron chi connectivity index (χ0n) is 9.68. The number of thiol groups is 1. The summed E-state index contributed by atoms with van der Waals surface area (Å²) in [5.41, 5.74) is 0. The van der Waals surface area contributed by atoms with Gasteiger partial charge >= 0.3 is 0 Å². The SMILES string of the molecule is CC(C)C1CCN(S(=O)(=O)C(C)S)CC1. The average molecular weight is 251 g/mol. The Morgan fingerprint density at radius 1 is 1.20 bits per heavy atom. The van der Waals surface area contributed by atoms with Crippen LogP contribution >= 0.6 is 12.6 Å². The van der Waals surface area contributed by atoms with Crippen LogP contribution in [0.2, 0.25) is 0 Å². The summed E-state index contributed by atoms with van der Waals surface area (Å²) in [5, 5.41) is 0. The largest absolute Gasteiger partial charge is 0.225 e. The lowest BCUT2D eigenvalue weighted by atomic mass is 9.87. The zero-order valence-corrected chi connectivity index (χ0v) is 11.4. The lowest BCUT2D eigenvalue weighted by molar-refractivity contribution is 0.226. The minimum absolute atomic E-state index is 0.590. The third-order valence-corrected chi connectivity index (χ3v) is 5.98. The number of piperidine rings is 1. The Morgan fingerprint density at radius 2 is 1.67 bits per heavy atom. The summed E-state index contributed by atoms with van der Waals surface area (Å²) in [4.78, 5) is 0. The predicted molar refractivity (Wildman–Crippen MR) is 66.5 cm³/mol. The van der Waals surface area contributed by atoms with Crippen LogP contribution in [-0.4, -0.2) is 30.4 Å². The Labute approximate surface area is 98.7 Å². The number of nitrogens with zero attached hydrogens (tertiary/aromatic N) is 1. The van der Waals surface area contributed by atoms with Gasteiger partial charge in [0.05, 0.1) is 0 Å². The molecule has 0 amide bonds. The standard InChI is InChI=1S/C10H21NO2S2/c1-8(2)10-4-6-11(7-5-10)15(12,13)9(3)14/h8-10,14H,4-7H2,1-3H3. The van der Waals surface area contributed by atoms with E-state index >= 15 is 0 Å². The second-order valence-electron chi connectivity index (χ2n) is 4.62. The van der Waals surface area contributed by atoms with Gasteiger partial charge in [-0.25, -0.2) is 12.7 Å². The van der Waals surface area contributed by atoms with Gasteiger partial charge in [0.15, 0.2) is 0 Å². The summed E-state index contributed by atoms with van der Waals surface area (Å²) in [6, 6.07) is 0. The molecule has 1 fully saturated rings. The molecule has 0 N–H and O–H groups in total. The highest BCUT2D eigenvalue weighted by atomic mass is 32.3. The minimum atomic E-state index is -3.15. The fourth-order valence-electron chi connectivity index (χ4n) is 2.01. The number of sulfonamides is 1. The Morgan fingerprint density at radius 3 is 2.00 bits per heavy atom. The molecule has 1 saturated heterocycles. The van der Waals surface area contributed by atoms with Crippen molar-refractivity contribution in [1.29, 1.82) is 0 Å². The number of rotatable bonds is 3. The molecule has 15 heavy (non-hydrogen) atoms. The molecule has 0 bridgehead atoms. The molecule has 1 rings (SSSR count). The van der Waals surface area contributed by atoms with Gasteiger partial charge in [-0.05, 0) is 31.6 Å². The molecule has 1 unspecified atom stereocenters. The second kappa shape index (κ2) is 5.06. The summed E-state index contributed by atoms with van der Waals surface area (Å²) < 4.78 is 24.6. The first kappa shape index (κ1) is 13.3. The smallest absolute Gasteiger partial charge is 0.211 e. The highest BCUT2D eigenvalue weighted by molar-refractivity contribution is 8.03. The summed E-state index contributed by atoms with van der Waals surface area (Å²) in [7, 11) is -3.15. The molecule has 1 atom stereocenters. The molecule has 3 nitrogen and oxygen atoms in total. The van der Waals surface area contributed by atoms with E-state index < -0.39 is 14.6 Å². The normalized spacial score (nSPS) is 23.3. The first-order valence-corrected chi connectivity index (χ1v) is 7.54. The lowest BCUT2D eigenvalue weighted by Gasteiger charge is -2.33. The first-order chi connectivity index (χ1) is 6.85. The van der Waals surface area contributed by atoms with Crippen LogP contribution in [-0.2, 0) is 10.0 Å². The van der Waals surface area contributed by atoms with Crippen molar-refractivity contribution < 1.29 is 8.42 Å². The van der Waals surface area contributed by atoms with E-state index in [0.717, 1.165) is 12.8 Å². The lowest BCUT2D eigenvalue weighted by Crippen LogP contribution is -2.42. The van der Waals surface area contributed by atoms with Crippen LogP contribution in [0.4, 0.5) is 0 Å². The molecule has 0 saturated carbocycles. The van der Waals surface area contributed by atoms with E-state index in [2.05, 4.69) is 26.5 Å². The van der Waals surface area contributed by atoms with Crippen molar-refractivity contribution >= 4 is 22.7 Å². The van der Waals surface area contributed by atoms with Crippen molar-refractivity contribution in [3.8, 4) is 0 Å². The maximum Gasteiger partial charge on any atom is 0.225 e. The van der Waals surface area contributed by atoms with Gasteiger partial charge in [-0.1, -0.05) is 13.8 Å². The Balaban J connectivity index is 2.58. The van der Waals surface area contributed by atoms with E-state index in [0.29, 0.717) is 24.9 Å². The molecule has 1 heterocycles. The highest BCUT2D eigenvalue weighted by Crippen LogP contribution is 2.27. The van der Waals surface area contributed by atoms with Crippen molar-refractivity contribution in [3.05, 3.63) is 0 Å². The summed E-state index contributed by atoms with van der Waals surface area (Å²) in [6.45, 7) is 7.35.